The van der Waals surface area contributed by atoms with Crippen molar-refractivity contribution in [3.8, 4) is 5.75 Å². The van der Waals surface area contributed by atoms with Crippen LogP contribution in [-0.2, 0) is 25.6 Å². The molecular formula is C36H33F2N3O7S. The van der Waals surface area contributed by atoms with Crippen LogP contribution in [0.25, 0.3) is 0 Å². The number of β-lactam (4-membered cyclic amide) rings is 1. The monoisotopic (exact) mass is 689 g/mol. The largest absolute Gasteiger partial charge is 0.484 e. The van der Waals surface area contributed by atoms with Gasteiger partial charge in [0.1, 0.15) is 28.7 Å². The molecule has 0 aromatic heterocycles. The maximum Gasteiger partial charge on any atom is 0.326 e. The zero-order chi connectivity index (χ0) is 34.9. The predicted octanol–water partition coefficient (Wildman–Crippen LogP) is 4.20. The van der Waals surface area contributed by atoms with Gasteiger partial charge in [-0.3, -0.25) is 14.4 Å². The Morgan fingerprint density at radius 2 is 1.49 bits per heavy atom. The number of hydrogen-bond acceptors (Lipinski definition) is 7. The van der Waals surface area contributed by atoms with Gasteiger partial charge in [-0.2, -0.15) is 0 Å². The van der Waals surface area contributed by atoms with Gasteiger partial charge in [0.2, 0.25) is 11.8 Å². The first-order chi connectivity index (χ1) is 23.6. The molecule has 254 valence electrons. The van der Waals surface area contributed by atoms with Crippen molar-refractivity contribution in [2.75, 3.05) is 23.8 Å². The third-order valence-electron chi connectivity index (χ3n) is 7.79. The van der Waals surface area contributed by atoms with Gasteiger partial charge >= 0.3 is 5.97 Å². The van der Waals surface area contributed by atoms with Gasteiger partial charge in [-0.1, -0.05) is 54.6 Å². The molecule has 49 heavy (non-hydrogen) atoms. The number of carbonyl (C=O) groups is 4. The second kappa shape index (κ2) is 16.2. The van der Waals surface area contributed by atoms with Crippen molar-refractivity contribution in [2.24, 2.45) is 0 Å². The summed E-state index contributed by atoms with van der Waals surface area (Å²) in [7, 11) is 0. The van der Waals surface area contributed by atoms with Gasteiger partial charge in [0, 0.05) is 17.9 Å². The Balaban J connectivity index is 1.16. The highest BCUT2D eigenvalue weighted by molar-refractivity contribution is 8.00. The molecule has 4 atom stereocenters. The van der Waals surface area contributed by atoms with Crippen LogP contribution in [0.5, 0.6) is 5.75 Å². The van der Waals surface area contributed by atoms with E-state index in [4.69, 9.17) is 4.74 Å². The number of hydrogen-bond donors (Lipinski definition) is 4. The molecule has 0 bridgehead atoms. The Kier molecular flexibility index (Phi) is 11.6. The van der Waals surface area contributed by atoms with Crippen LogP contribution in [-0.4, -0.2) is 64.1 Å². The zero-order valence-electron chi connectivity index (χ0n) is 26.0. The van der Waals surface area contributed by atoms with Crippen LogP contribution in [0.4, 0.5) is 14.5 Å². The van der Waals surface area contributed by atoms with E-state index >= 15 is 0 Å². The Hall–Kier alpha value is -5.27. The number of aliphatic carboxylic acids is 1. The van der Waals surface area contributed by atoms with Crippen LogP contribution in [0, 0.1) is 11.6 Å². The maximum atomic E-state index is 13.6. The quantitative estimate of drug-likeness (QED) is 0.136. The molecule has 10 nitrogen and oxygen atoms in total. The van der Waals surface area contributed by atoms with Crippen molar-refractivity contribution in [2.45, 2.75) is 29.9 Å². The Bertz CT molecular complexity index is 1760. The van der Waals surface area contributed by atoms with E-state index < -0.39 is 66.0 Å². The van der Waals surface area contributed by atoms with E-state index in [0.717, 1.165) is 11.1 Å². The molecule has 5 rings (SSSR count). The number of carboxylic acid groups (broad SMARTS) is 1. The van der Waals surface area contributed by atoms with Gasteiger partial charge in [0.25, 0.3) is 5.91 Å². The highest BCUT2D eigenvalue weighted by atomic mass is 32.2. The SMILES string of the molecule is O=C(COc1ccc([C@@H]2[C@@H](SCC(O)c3ccc(F)cc3)C(=O)N2c2ccc(F)cc2)cc1)NCC(=O)N[C@@H](Cc1ccccc1)C(=O)O. The van der Waals surface area contributed by atoms with E-state index in [0.29, 0.717) is 17.0 Å². The van der Waals surface area contributed by atoms with Gasteiger partial charge in [-0.05, 0) is 65.2 Å². The third kappa shape index (κ3) is 9.21. The smallest absolute Gasteiger partial charge is 0.326 e. The molecule has 1 saturated heterocycles. The number of carboxylic acids is 1. The van der Waals surface area contributed by atoms with Crippen LogP contribution in [0.2, 0.25) is 0 Å². The minimum atomic E-state index is -1.20. The molecule has 4 N–H and O–H groups in total. The Morgan fingerprint density at radius 3 is 2.12 bits per heavy atom. The molecule has 13 heteroatoms. The molecule has 0 aliphatic carbocycles. The number of ether oxygens (including phenoxy) is 1. The number of aliphatic hydroxyl groups excluding tert-OH is 1. The minimum Gasteiger partial charge on any atom is -0.484 e. The number of anilines is 1. The average molecular weight is 690 g/mol. The van der Waals surface area contributed by atoms with Crippen molar-refractivity contribution in [3.05, 3.63) is 131 Å². The number of rotatable bonds is 15. The van der Waals surface area contributed by atoms with Crippen LogP contribution in [0.3, 0.4) is 0 Å². The number of nitrogens with zero attached hydrogens (tertiary/aromatic N) is 1. The van der Waals surface area contributed by atoms with Gasteiger partial charge in [0.05, 0.1) is 18.7 Å². The molecule has 3 amide bonds. The normalized spacial score (nSPS) is 16.6. The predicted molar refractivity (Wildman–Crippen MR) is 179 cm³/mol. The lowest BCUT2D eigenvalue weighted by Gasteiger charge is -2.47. The Labute approximate surface area is 285 Å². The van der Waals surface area contributed by atoms with E-state index in [-0.39, 0.29) is 18.1 Å². The second-order valence-electron chi connectivity index (χ2n) is 11.2. The summed E-state index contributed by atoms with van der Waals surface area (Å²) >= 11 is 1.26. The first-order valence-electron chi connectivity index (χ1n) is 15.3. The van der Waals surface area contributed by atoms with Gasteiger partial charge in [0.15, 0.2) is 6.61 Å². The summed E-state index contributed by atoms with van der Waals surface area (Å²) in [5.41, 5.74) is 2.49. The first kappa shape index (κ1) is 35.0. The topological polar surface area (TPSA) is 145 Å². The van der Waals surface area contributed by atoms with Gasteiger partial charge in [-0.25, -0.2) is 13.6 Å². The van der Waals surface area contributed by atoms with E-state index in [9.17, 15) is 38.2 Å². The lowest BCUT2D eigenvalue weighted by Crippen LogP contribution is -2.57. The lowest BCUT2D eigenvalue weighted by molar-refractivity contribution is -0.141. The summed E-state index contributed by atoms with van der Waals surface area (Å²) in [5.74, 6) is -3.04. The van der Waals surface area contributed by atoms with Crippen molar-refractivity contribution < 1.29 is 42.9 Å². The summed E-state index contributed by atoms with van der Waals surface area (Å²) in [5, 5.41) is 24.4. The third-order valence-corrected chi connectivity index (χ3v) is 9.12. The molecule has 1 aliphatic heterocycles. The molecule has 0 radical (unpaired) electrons. The second-order valence-corrected chi connectivity index (χ2v) is 12.4. The molecule has 1 fully saturated rings. The fraction of sp³-hybridized carbons (Fsp3) is 0.222. The molecule has 0 spiro atoms. The van der Waals surface area contributed by atoms with E-state index in [1.54, 1.807) is 59.5 Å². The molecule has 1 heterocycles. The highest BCUT2D eigenvalue weighted by Gasteiger charge is 2.49. The van der Waals surface area contributed by atoms with E-state index in [1.165, 1.54) is 60.3 Å². The molecule has 4 aromatic carbocycles. The number of amides is 3. The molecule has 0 saturated carbocycles. The van der Waals surface area contributed by atoms with Crippen LogP contribution >= 0.6 is 11.8 Å². The number of aliphatic hydroxyl groups is 1. The summed E-state index contributed by atoms with van der Waals surface area (Å²) in [4.78, 5) is 51.1. The fourth-order valence-electron chi connectivity index (χ4n) is 5.25. The Morgan fingerprint density at radius 1 is 0.857 bits per heavy atom. The lowest BCUT2D eigenvalue weighted by atomic mass is 9.92. The van der Waals surface area contributed by atoms with Crippen LogP contribution in [0.1, 0.15) is 28.8 Å². The fourth-order valence-corrected chi connectivity index (χ4v) is 6.55. The molecular weight excluding hydrogens is 656 g/mol. The maximum absolute atomic E-state index is 13.6. The number of carbonyl (C=O) groups excluding carboxylic acids is 3. The van der Waals surface area contributed by atoms with Crippen molar-refractivity contribution in [1.29, 1.82) is 0 Å². The highest BCUT2D eigenvalue weighted by Crippen LogP contribution is 2.46. The molecule has 4 aromatic rings. The van der Waals surface area contributed by atoms with E-state index in [1.807, 2.05) is 0 Å². The summed E-state index contributed by atoms with van der Waals surface area (Å²) in [6.07, 6.45) is -0.844. The summed E-state index contributed by atoms with van der Waals surface area (Å²) < 4.78 is 32.5. The molecule has 1 unspecified atom stereocenters. The summed E-state index contributed by atoms with van der Waals surface area (Å²) in [6.45, 7) is -0.855. The van der Waals surface area contributed by atoms with E-state index in [2.05, 4.69) is 10.6 Å². The standard InChI is InChI=1S/C36H33F2N3O7S/c37-25-10-6-23(7-11-25)30(42)21-49-34-33(41(35(34)45)27-14-12-26(38)13-15-27)24-8-16-28(17-9-24)48-20-32(44)39-19-31(43)40-29(36(46)47)18-22-4-2-1-3-5-22/h1-17,29-30,33-34,42H,18-21H2,(H,39,44)(H,40,43)(H,46,47)/t29-,30?,33+,34+/m0/s1. The average Bonchev–Trinajstić information content (AvgIpc) is 3.10. The zero-order valence-corrected chi connectivity index (χ0v) is 26.8. The van der Waals surface area contributed by atoms with Crippen LogP contribution < -0.4 is 20.3 Å². The number of thioether (sulfide) groups is 1. The van der Waals surface area contributed by atoms with Crippen molar-refractivity contribution in [3.63, 3.8) is 0 Å². The van der Waals surface area contributed by atoms with Gasteiger partial charge in [-0.15, -0.1) is 11.8 Å². The molecule has 1 aliphatic rings. The van der Waals surface area contributed by atoms with Crippen molar-refractivity contribution >= 4 is 41.1 Å². The van der Waals surface area contributed by atoms with Crippen LogP contribution in [0.15, 0.2) is 103 Å². The minimum absolute atomic E-state index is 0.0863. The number of benzene rings is 4. The summed E-state index contributed by atoms with van der Waals surface area (Å²) in [6, 6.07) is 25.0. The first-order valence-corrected chi connectivity index (χ1v) is 16.3. The van der Waals surface area contributed by atoms with Gasteiger partial charge < -0.3 is 30.5 Å². The number of nitrogens with one attached hydrogen (secondary N) is 2. The van der Waals surface area contributed by atoms with Crippen molar-refractivity contribution in [1.82, 2.24) is 10.6 Å². The number of halogens is 2.